The number of nitrogens with one attached hydrogen (secondary N) is 1. The number of amides is 1. The molecule has 0 spiro atoms. The van der Waals surface area contributed by atoms with E-state index in [1.54, 1.807) is 4.68 Å². The normalized spacial score (nSPS) is 15.9. The Morgan fingerprint density at radius 3 is 2.71 bits per heavy atom. The summed E-state index contributed by atoms with van der Waals surface area (Å²) < 4.78 is 7.69. The number of aromatic nitrogens is 3. The molecule has 3 aromatic rings. The summed E-state index contributed by atoms with van der Waals surface area (Å²) in [5.74, 6) is -0.220. The first-order valence-corrected chi connectivity index (χ1v) is 9.61. The number of hydrogen-bond acceptors (Lipinski definition) is 4. The predicted molar refractivity (Wildman–Crippen MR) is 106 cm³/mol. The molecule has 28 heavy (non-hydrogen) atoms. The maximum absolute atomic E-state index is 12.5. The van der Waals surface area contributed by atoms with Gasteiger partial charge in [-0.1, -0.05) is 58.8 Å². The van der Waals surface area contributed by atoms with Crippen molar-refractivity contribution in [3.05, 3.63) is 81.6 Å². The van der Waals surface area contributed by atoms with Crippen molar-refractivity contribution in [1.82, 2.24) is 20.3 Å². The van der Waals surface area contributed by atoms with Crippen molar-refractivity contribution in [3.8, 4) is 0 Å². The Kier molecular flexibility index (Phi) is 5.41. The van der Waals surface area contributed by atoms with Gasteiger partial charge in [-0.05, 0) is 36.6 Å². The number of halogens is 1. The molecule has 0 saturated heterocycles. The SMILES string of the molecule is Cc1ccc(CCNC(=O)c2nnn3c2CO[C@@H](c2ccc(Cl)cc2)C3)cc1. The molecule has 2 heterocycles. The van der Waals surface area contributed by atoms with Crippen molar-refractivity contribution in [2.75, 3.05) is 6.54 Å². The topological polar surface area (TPSA) is 69.0 Å². The number of nitrogens with zero attached hydrogens (tertiary/aromatic N) is 3. The highest BCUT2D eigenvalue weighted by atomic mass is 35.5. The van der Waals surface area contributed by atoms with Crippen molar-refractivity contribution in [3.63, 3.8) is 0 Å². The van der Waals surface area contributed by atoms with E-state index in [0.717, 1.165) is 12.0 Å². The van der Waals surface area contributed by atoms with Gasteiger partial charge in [0.15, 0.2) is 5.69 Å². The Balaban J connectivity index is 1.37. The van der Waals surface area contributed by atoms with Crippen molar-refractivity contribution in [2.45, 2.75) is 32.6 Å². The fourth-order valence-electron chi connectivity index (χ4n) is 3.23. The molecule has 0 bridgehead atoms. The largest absolute Gasteiger partial charge is 0.365 e. The molecule has 1 aliphatic rings. The van der Waals surface area contributed by atoms with E-state index in [4.69, 9.17) is 16.3 Å². The summed E-state index contributed by atoms with van der Waals surface area (Å²) in [5.41, 5.74) is 4.47. The molecule has 0 unspecified atom stereocenters. The second-order valence-corrected chi connectivity index (χ2v) is 7.35. The summed E-state index contributed by atoms with van der Waals surface area (Å²) in [5, 5.41) is 11.8. The monoisotopic (exact) mass is 396 g/mol. The van der Waals surface area contributed by atoms with E-state index in [0.29, 0.717) is 36.1 Å². The molecule has 1 N–H and O–H groups in total. The van der Waals surface area contributed by atoms with E-state index in [9.17, 15) is 4.79 Å². The zero-order valence-electron chi connectivity index (χ0n) is 15.6. The van der Waals surface area contributed by atoms with Crippen LogP contribution >= 0.6 is 11.6 Å². The zero-order valence-corrected chi connectivity index (χ0v) is 16.3. The molecule has 0 aliphatic carbocycles. The van der Waals surface area contributed by atoms with E-state index in [2.05, 4.69) is 46.8 Å². The number of rotatable bonds is 5. The Labute approximate surface area is 168 Å². The van der Waals surface area contributed by atoms with E-state index >= 15 is 0 Å². The van der Waals surface area contributed by atoms with Gasteiger partial charge in [-0.25, -0.2) is 4.68 Å². The third-order valence-electron chi connectivity index (χ3n) is 4.87. The van der Waals surface area contributed by atoms with E-state index in [1.165, 1.54) is 11.1 Å². The Morgan fingerprint density at radius 1 is 1.21 bits per heavy atom. The van der Waals surface area contributed by atoms with Crippen LogP contribution in [0.15, 0.2) is 48.5 Å². The van der Waals surface area contributed by atoms with Gasteiger partial charge >= 0.3 is 0 Å². The van der Waals surface area contributed by atoms with E-state index < -0.39 is 0 Å². The van der Waals surface area contributed by atoms with Crippen LogP contribution in [0.5, 0.6) is 0 Å². The minimum atomic E-state index is -0.220. The van der Waals surface area contributed by atoms with Crippen molar-refractivity contribution in [2.24, 2.45) is 0 Å². The van der Waals surface area contributed by atoms with Crippen LogP contribution in [-0.4, -0.2) is 27.4 Å². The van der Waals surface area contributed by atoms with Gasteiger partial charge in [0, 0.05) is 11.6 Å². The molecule has 6 nitrogen and oxygen atoms in total. The van der Waals surface area contributed by atoms with Gasteiger partial charge in [0.05, 0.1) is 18.8 Å². The maximum Gasteiger partial charge on any atom is 0.273 e. The lowest BCUT2D eigenvalue weighted by atomic mass is 10.1. The first-order valence-electron chi connectivity index (χ1n) is 9.23. The van der Waals surface area contributed by atoms with Crippen LogP contribution in [0.2, 0.25) is 5.02 Å². The lowest BCUT2D eigenvalue weighted by Crippen LogP contribution is -2.29. The third kappa shape index (κ3) is 4.08. The molecule has 1 aliphatic heterocycles. The molecule has 7 heteroatoms. The molecule has 1 aromatic heterocycles. The van der Waals surface area contributed by atoms with E-state index in [-0.39, 0.29) is 12.0 Å². The number of carbonyl (C=O) groups excluding carboxylic acids is 1. The Hall–Kier alpha value is -2.70. The van der Waals surface area contributed by atoms with Crippen LogP contribution in [0, 0.1) is 6.92 Å². The second kappa shape index (κ2) is 8.12. The first-order chi connectivity index (χ1) is 13.6. The van der Waals surface area contributed by atoms with Gasteiger partial charge < -0.3 is 10.1 Å². The van der Waals surface area contributed by atoms with Crippen LogP contribution in [0.4, 0.5) is 0 Å². The lowest BCUT2D eigenvalue weighted by Gasteiger charge is -2.24. The lowest BCUT2D eigenvalue weighted by molar-refractivity contribution is -0.00176. The van der Waals surface area contributed by atoms with Crippen molar-refractivity contribution in [1.29, 1.82) is 0 Å². The highest BCUT2D eigenvalue weighted by molar-refractivity contribution is 6.30. The van der Waals surface area contributed by atoms with Gasteiger partial charge in [-0.15, -0.1) is 5.10 Å². The average Bonchev–Trinajstić information content (AvgIpc) is 3.13. The number of benzene rings is 2. The fraction of sp³-hybridized carbons (Fsp3) is 0.286. The predicted octanol–water partition coefficient (Wildman–Crippen LogP) is 3.48. The van der Waals surface area contributed by atoms with Crippen LogP contribution < -0.4 is 5.32 Å². The standard InChI is InChI=1S/C21H21ClN4O2/c1-14-2-4-15(5-3-14)10-11-23-21(27)20-18-13-28-19(12-26(18)25-24-20)16-6-8-17(22)9-7-16/h2-9,19H,10-13H2,1H3,(H,23,27)/t19-/m1/s1. The summed E-state index contributed by atoms with van der Waals surface area (Å²) in [6, 6.07) is 15.8. The van der Waals surface area contributed by atoms with Crippen LogP contribution in [0.1, 0.15) is 39.0 Å². The van der Waals surface area contributed by atoms with Crippen molar-refractivity contribution < 1.29 is 9.53 Å². The number of ether oxygens (including phenoxy) is 1. The Bertz CT molecular complexity index is 967. The van der Waals surface area contributed by atoms with Crippen LogP contribution in [0.25, 0.3) is 0 Å². The average molecular weight is 397 g/mol. The van der Waals surface area contributed by atoms with Gasteiger partial charge in [-0.3, -0.25) is 4.79 Å². The number of hydrogen-bond donors (Lipinski definition) is 1. The van der Waals surface area contributed by atoms with E-state index in [1.807, 2.05) is 24.3 Å². The second-order valence-electron chi connectivity index (χ2n) is 6.91. The molecule has 144 valence electrons. The Morgan fingerprint density at radius 2 is 1.96 bits per heavy atom. The van der Waals surface area contributed by atoms with Gasteiger partial charge in [-0.2, -0.15) is 0 Å². The van der Waals surface area contributed by atoms with Crippen molar-refractivity contribution >= 4 is 17.5 Å². The minimum Gasteiger partial charge on any atom is -0.365 e. The van der Waals surface area contributed by atoms with Crippen LogP contribution in [0.3, 0.4) is 0 Å². The third-order valence-corrected chi connectivity index (χ3v) is 5.13. The number of fused-ring (bicyclic) bond motifs is 1. The smallest absolute Gasteiger partial charge is 0.273 e. The molecule has 0 radical (unpaired) electrons. The quantitative estimate of drug-likeness (QED) is 0.716. The molecule has 0 saturated carbocycles. The molecule has 1 atom stereocenters. The fourth-order valence-corrected chi connectivity index (χ4v) is 3.35. The van der Waals surface area contributed by atoms with Gasteiger partial charge in [0.2, 0.25) is 0 Å². The molecule has 4 rings (SSSR count). The first kappa shape index (κ1) is 18.7. The molecule has 1 amide bonds. The minimum absolute atomic E-state index is 0.135. The highest BCUT2D eigenvalue weighted by Crippen LogP contribution is 2.27. The highest BCUT2D eigenvalue weighted by Gasteiger charge is 2.27. The number of aryl methyl sites for hydroxylation is 1. The van der Waals surface area contributed by atoms with Gasteiger partial charge in [0.1, 0.15) is 6.10 Å². The van der Waals surface area contributed by atoms with Crippen LogP contribution in [-0.2, 0) is 24.3 Å². The zero-order chi connectivity index (χ0) is 19.5. The molecule has 0 fully saturated rings. The molecule has 2 aromatic carbocycles. The summed E-state index contributed by atoms with van der Waals surface area (Å²) in [7, 11) is 0. The van der Waals surface area contributed by atoms with Gasteiger partial charge in [0.25, 0.3) is 5.91 Å². The summed E-state index contributed by atoms with van der Waals surface area (Å²) in [4.78, 5) is 12.5. The molecular formula is C21H21ClN4O2. The maximum atomic E-state index is 12.5. The summed E-state index contributed by atoms with van der Waals surface area (Å²) >= 11 is 5.94. The number of carbonyl (C=O) groups is 1. The summed E-state index contributed by atoms with van der Waals surface area (Å²) in [6.45, 7) is 3.41. The molecular weight excluding hydrogens is 376 g/mol. The summed E-state index contributed by atoms with van der Waals surface area (Å²) in [6.07, 6.45) is 0.633.